The van der Waals surface area contributed by atoms with Crippen LogP contribution in [-0.4, -0.2) is 48.5 Å². The van der Waals surface area contributed by atoms with Crippen LogP contribution in [0.5, 0.6) is 5.75 Å². The van der Waals surface area contributed by atoms with E-state index in [2.05, 4.69) is 9.71 Å². The summed E-state index contributed by atoms with van der Waals surface area (Å²) in [6.45, 7) is 10.6. The zero-order valence-electron chi connectivity index (χ0n) is 23.2. The van der Waals surface area contributed by atoms with Gasteiger partial charge in [0.25, 0.3) is 15.9 Å². The second-order valence-electron chi connectivity index (χ2n) is 11.5. The number of nitrogen functional groups attached to an aromatic ring is 1. The van der Waals surface area contributed by atoms with E-state index in [1.54, 1.807) is 6.07 Å². The fourth-order valence-corrected chi connectivity index (χ4v) is 5.88. The number of ether oxygens (including phenoxy) is 1. The van der Waals surface area contributed by atoms with Crippen LogP contribution in [0.2, 0.25) is 0 Å². The highest BCUT2D eigenvalue weighted by Crippen LogP contribution is 2.39. The molecule has 1 atom stereocenters. The molecule has 12 heteroatoms. The maximum absolute atomic E-state index is 14.6. The Bertz CT molecular complexity index is 1540. The van der Waals surface area contributed by atoms with Crippen molar-refractivity contribution in [2.75, 3.05) is 23.8 Å². The minimum atomic E-state index is -4.34. The smallest absolute Gasteiger partial charge is 0.281 e. The van der Waals surface area contributed by atoms with Gasteiger partial charge in [-0.25, -0.2) is 19.1 Å². The number of nitrogens with one attached hydrogen (secondary N) is 1. The van der Waals surface area contributed by atoms with Crippen molar-refractivity contribution in [1.82, 2.24) is 14.7 Å². The Morgan fingerprint density at radius 1 is 1.15 bits per heavy atom. The fourth-order valence-electron chi connectivity index (χ4n) is 4.94. The van der Waals surface area contributed by atoms with Crippen molar-refractivity contribution in [1.29, 1.82) is 0 Å². The summed E-state index contributed by atoms with van der Waals surface area (Å²) in [4.78, 5) is 23.9. The molecule has 0 unspecified atom stereocenters. The third kappa shape index (κ3) is 6.50. The Hall–Kier alpha value is -3.77. The van der Waals surface area contributed by atoms with Crippen LogP contribution in [0.1, 0.15) is 51.4 Å². The number of nitrogens with two attached hydrogens (primary N) is 2. The normalized spacial score (nSPS) is 18.6. The van der Waals surface area contributed by atoms with E-state index in [0.717, 1.165) is 0 Å². The molecule has 1 saturated heterocycles. The van der Waals surface area contributed by atoms with E-state index in [0.29, 0.717) is 36.6 Å². The van der Waals surface area contributed by atoms with Crippen molar-refractivity contribution in [3.63, 3.8) is 0 Å². The van der Waals surface area contributed by atoms with Gasteiger partial charge in [0.15, 0.2) is 5.03 Å². The van der Waals surface area contributed by atoms with Gasteiger partial charge in [-0.1, -0.05) is 19.9 Å². The first-order valence-corrected chi connectivity index (χ1v) is 14.4. The SMILES string of the molecule is CC(C)COc1cc(F)cc(-c2ccc(C(=O)NS(=O)(=O)c3cccc(N)n3)c(N3C[C@](C)(N)CC3(C)C)n2)c1. The number of nitrogens with zero attached hydrogens (tertiary/aromatic N) is 3. The van der Waals surface area contributed by atoms with Gasteiger partial charge in [-0.2, -0.15) is 8.42 Å². The Morgan fingerprint density at radius 3 is 2.50 bits per heavy atom. The summed E-state index contributed by atoms with van der Waals surface area (Å²) in [7, 11) is -4.34. The van der Waals surface area contributed by atoms with E-state index in [-0.39, 0.29) is 23.1 Å². The summed E-state index contributed by atoms with van der Waals surface area (Å²) in [6.07, 6.45) is 0.589. The van der Waals surface area contributed by atoms with Crippen molar-refractivity contribution >= 4 is 27.6 Å². The molecule has 0 radical (unpaired) electrons. The molecule has 0 saturated carbocycles. The lowest BCUT2D eigenvalue weighted by Crippen LogP contribution is -2.42. The molecule has 0 spiro atoms. The maximum Gasteiger partial charge on any atom is 0.281 e. The lowest BCUT2D eigenvalue weighted by Gasteiger charge is -2.33. The molecule has 4 rings (SSSR count). The number of halogens is 1. The van der Waals surface area contributed by atoms with E-state index in [1.165, 1.54) is 42.5 Å². The third-order valence-corrected chi connectivity index (χ3v) is 7.69. The van der Waals surface area contributed by atoms with Gasteiger partial charge in [-0.05, 0) is 69.5 Å². The standard InChI is InChI=1S/C28H35FN6O4S/c1-17(2)14-39-20-12-18(11-19(29)13-20)22-10-9-21(25(32-22)35-16-28(5,31)15-27(35,3)4)26(36)34-40(37,38)24-8-6-7-23(30)33-24/h6-13,17H,14-16,31H2,1-5H3,(H2,30,33)(H,34,36)/t28-/m1/s1. The lowest BCUT2D eigenvalue weighted by molar-refractivity contribution is 0.0981. The number of rotatable bonds is 8. The predicted molar refractivity (Wildman–Crippen MR) is 152 cm³/mol. The van der Waals surface area contributed by atoms with Crippen LogP contribution in [0, 0.1) is 11.7 Å². The number of hydrogen-bond donors (Lipinski definition) is 3. The molecule has 0 bridgehead atoms. The van der Waals surface area contributed by atoms with E-state index in [4.69, 9.17) is 21.2 Å². The Balaban J connectivity index is 1.79. The topological polar surface area (TPSA) is 154 Å². The number of amides is 1. The van der Waals surface area contributed by atoms with Gasteiger partial charge >= 0.3 is 0 Å². The lowest BCUT2D eigenvalue weighted by atomic mass is 9.92. The van der Waals surface area contributed by atoms with E-state index in [9.17, 15) is 17.6 Å². The van der Waals surface area contributed by atoms with Gasteiger partial charge in [0.2, 0.25) is 0 Å². The Labute approximate surface area is 234 Å². The molecule has 1 aliphatic heterocycles. The minimum absolute atomic E-state index is 0.00471. The summed E-state index contributed by atoms with van der Waals surface area (Å²) in [5.74, 6) is -0.589. The average Bonchev–Trinajstić information content (AvgIpc) is 3.08. The molecule has 2 aromatic heterocycles. The second-order valence-corrected chi connectivity index (χ2v) is 13.1. The summed E-state index contributed by atoms with van der Waals surface area (Å²) in [5, 5.41) is -0.392. The summed E-state index contributed by atoms with van der Waals surface area (Å²) in [5.41, 5.74) is 11.8. The molecular weight excluding hydrogens is 535 g/mol. The van der Waals surface area contributed by atoms with Crippen molar-refractivity contribution in [2.24, 2.45) is 11.7 Å². The third-order valence-electron chi connectivity index (χ3n) is 6.46. The first kappa shape index (κ1) is 29.2. The first-order valence-electron chi connectivity index (χ1n) is 12.9. The van der Waals surface area contributed by atoms with Gasteiger partial charge in [0.05, 0.1) is 17.9 Å². The molecule has 214 valence electrons. The van der Waals surface area contributed by atoms with Gasteiger partial charge in [-0.3, -0.25) is 4.79 Å². The number of anilines is 2. The van der Waals surface area contributed by atoms with Crippen LogP contribution in [-0.2, 0) is 10.0 Å². The minimum Gasteiger partial charge on any atom is -0.493 e. The van der Waals surface area contributed by atoms with Crippen LogP contribution >= 0.6 is 0 Å². The average molecular weight is 571 g/mol. The van der Waals surface area contributed by atoms with Crippen molar-refractivity contribution in [3.8, 4) is 17.0 Å². The highest BCUT2D eigenvalue weighted by Gasteiger charge is 2.45. The maximum atomic E-state index is 14.6. The molecule has 1 fully saturated rings. The van der Waals surface area contributed by atoms with Gasteiger partial charge < -0.3 is 21.1 Å². The monoisotopic (exact) mass is 570 g/mol. The predicted octanol–water partition coefficient (Wildman–Crippen LogP) is 3.72. The summed E-state index contributed by atoms with van der Waals surface area (Å²) < 4.78 is 48.3. The molecule has 1 aromatic carbocycles. The zero-order valence-corrected chi connectivity index (χ0v) is 24.0. The molecule has 3 aromatic rings. The highest BCUT2D eigenvalue weighted by atomic mass is 32.2. The number of pyridine rings is 2. The molecule has 0 aliphatic carbocycles. The van der Waals surface area contributed by atoms with Crippen LogP contribution in [0.3, 0.4) is 0 Å². The molecule has 10 nitrogen and oxygen atoms in total. The number of sulfonamides is 1. The number of benzene rings is 1. The zero-order chi connectivity index (χ0) is 29.5. The number of hydrogen-bond acceptors (Lipinski definition) is 9. The van der Waals surface area contributed by atoms with Gasteiger partial charge in [0.1, 0.15) is 23.2 Å². The molecule has 1 amide bonds. The van der Waals surface area contributed by atoms with E-state index >= 15 is 0 Å². The van der Waals surface area contributed by atoms with Crippen LogP contribution in [0.25, 0.3) is 11.3 Å². The highest BCUT2D eigenvalue weighted by molar-refractivity contribution is 7.90. The van der Waals surface area contributed by atoms with Crippen molar-refractivity contribution in [3.05, 3.63) is 59.9 Å². The van der Waals surface area contributed by atoms with Gasteiger partial charge in [0, 0.05) is 29.3 Å². The number of carbonyl (C=O) groups excluding carboxylic acids is 1. The number of aromatic nitrogens is 2. The van der Waals surface area contributed by atoms with Crippen LogP contribution < -0.4 is 25.8 Å². The molecule has 1 aliphatic rings. The largest absolute Gasteiger partial charge is 0.493 e. The Kier molecular flexibility index (Phi) is 7.79. The van der Waals surface area contributed by atoms with Crippen LogP contribution in [0.15, 0.2) is 53.6 Å². The summed E-state index contributed by atoms with van der Waals surface area (Å²) in [6, 6.07) is 11.4. The molecular formula is C28H35FN6O4S. The van der Waals surface area contributed by atoms with Gasteiger partial charge in [-0.15, -0.1) is 0 Å². The Morgan fingerprint density at radius 2 is 1.88 bits per heavy atom. The molecule has 40 heavy (non-hydrogen) atoms. The van der Waals surface area contributed by atoms with E-state index < -0.39 is 37.9 Å². The quantitative estimate of drug-likeness (QED) is 0.368. The molecule has 3 heterocycles. The summed E-state index contributed by atoms with van der Waals surface area (Å²) >= 11 is 0. The first-order chi connectivity index (χ1) is 18.6. The van der Waals surface area contributed by atoms with Crippen molar-refractivity contribution in [2.45, 2.75) is 57.1 Å². The fraction of sp³-hybridized carbons (Fsp3) is 0.393. The second kappa shape index (κ2) is 10.7. The van der Waals surface area contributed by atoms with Crippen LogP contribution in [0.4, 0.5) is 16.0 Å². The molecule has 5 N–H and O–H groups in total. The number of carbonyl (C=O) groups is 1. The van der Waals surface area contributed by atoms with Crippen molar-refractivity contribution < 1.29 is 22.3 Å². The van der Waals surface area contributed by atoms with E-state index in [1.807, 2.05) is 39.5 Å².